The monoisotopic (exact) mass is 295 g/mol. The molecule has 0 saturated carbocycles. The molecule has 0 bridgehead atoms. The van der Waals surface area contributed by atoms with Gasteiger partial charge in [-0.05, 0) is 17.5 Å². The predicted octanol–water partition coefficient (Wildman–Crippen LogP) is 3.27. The number of rotatable bonds is 5. The van der Waals surface area contributed by atoms with E-state index >= 15 is 0 Å². The Kier molecular flexibility index (Phi) is 4.81. The first-order valence-electron chi connectivity index (χ1n) is 7.78. The van der Waals surface area contributed by atoms with Crippen LogP contribution in [0.25, 0.3) is 0 Å². The highest BCUT2D eigenvalue weighted by Gasteiger charge is 2.27. The van der Waals surface area contributed by atoms with Crippen LogP contribution in [0.3, 0.4) is 0 Å². The standard InChI is InChI=1S/C18H21N3O/c22-19-21-14-13-20(12-11-16-7-3-1-4-8-16)18(15-21)17-9-5-2-6-10-17/h1-10,18H,11-15H2. The Bertz CT molecular complexity index is 588. The molecule has 0 radical (unpaired) electrons. The maximum atomic E-state index is 10.9. The van der Waals surface area contributed by atoms with Gasteiger partial charge in [0.2, 0.25) is 0 Å². The summed E-state index contributed by atoms with van der Waals surface area (Å²) in [5, 5.41) is 4.77. The first kappa shape index (κ1) is 14.7. The number of nitroso groups, excluding NO2 is 1. The van der Waals surface area contributed by atoms with Crippen molar-refractivity contribution in [2.24, 2.45) is 5.29 Å². The molecule has 1 aliphatic rings. The summed E-state index contributed by atoms with van der Waals surface area (Å²) in [6, 6.07) is 21.2. The molecule has 0 aromatic heterocycles. The van der Waals surface area contributed by atoms with Crippen molar-refractivity contribution in [3.63, 3.8) is 0 Å². The van der Waals surface area contributed by atoms with Crippen molar-refractivity contribution < 1.29 is 0 Å². The summed E-state index contributed by atoms with van der Waals surface area (Å²) in [7, 11) is 0. The third-order valence-electron chi connectivity index (χ3n) is 4.30. The van der Waals surface area contributed by atoms with E-state index in [9.17, 15) is 4.91 Å². The Morgan fingerprint density at radius 2 is 1.64 bits per heavy atom. The van der Waals surface area contributed by atoms with Crippen LogP contribution in [0, 0.1) is 4.91 Å². The second kappa shape index (κ2) is 7.18. The van der Waals surface area contributed by atoms with Crippen LogP contribution in [-0.4, -0.2) is 36.1 Å². The molecule has 1 saturated heterocycles. The summed E-state index contributed by atoms with van der Waals surface area (Å²) >= 11 is 0. The van der Waals surface area contributed by atoms with E-state index in [4.69, 9.17) is 0 Å². The number of hydrogen-bond donors (Lipinski definition) is 0. The van der Waals surface area contributed by atoms with Crippen molar-refractivity contribution in [1.29, 1.82) is 0 Å². The molecule has 4 heteroatoms. The fourth-order valence-electron chi connectivity index (χ4n) is 3.06. The average Bonchev–Trinajstić information content (AvgIpc) is 2.61. The van der Waals surface area contributed by atoms with Crippen molar-refractivity contribution in [2.45, 2.75) is 12.5 Å². The van der Waals surface area contributed by atoms with E-state index in [-0.39, 0.29) is 6.04 Å². The quantitative estimate of drug-likeness (QED) is 0.794. The maximum Gasteiger partial charge on any atom is 0.0590 e. The fourth-order valence-corrected chi connectivity index (χ4v) is 3.06. The molecule has 22 heavy (non-hydrogen) atoms. The van der Waals surface area contributed by atoms with Gasteiger partial charge in [-0.3, -0.25) is 9.91 Å². The minimum absolute atomic E-state index is 0.233. The molecule has 4 nitrogen and oxygen atoms in total. The van der Waals surface area contributed by atoms with Crippen molar-refractivity contribution in [3.8, 4) is 0 Å². The molecule has 2 aromatic rings. The average molecular weight is 295 g/mol. The van der Waals surface area contributed by atoms with E-state index in [2.05, 4.69) is 58.7 Å². The summed E-state index contributed by atoms with van der Waals surface area (Å²) in [4.78, 5) is 13.3. The molecule has 0 amide bonds. The topological polar surface area (TPSA) is 35.9 Å². The van der Waals surface area contributed by atoms with Gasteiger partial charge in [0.15, 0.2) is 0 Å². The minimum Gasteiger partial charge on any atom is -0.292 e. The molecule has 114 valence electrons. The van der Waals surface area contributed by atoms with Crippen LogP contribution >= 0.6 is 0 Å². The molecule has 0 aliphatic carbocycles. The van der Waals surface area contributed by atoms with Gasteiger partial charge in [-0.1, -0.05) is 60.7 Å². The van der Waals surface area contributed by atoms with E-state index in [0.717, 1.165) is 19.5 Å². The first-order chi connectivity index (χ1) is 10.9. The normalized spacial score (nSPS) is 19.1. The number of benzene rings is 2. The highest BCUT2D eigenvalue weighted by atomic mass is 16.3. The SMILES string of the molecule is O=NN1CCN(CCc2ccccc2)C(c2ccccc2)C1. The van der Waals surface area contributed by atoms with Gasteiger partial charge in [0, 0.05) is 13.1 Å². The van der Waals surface area contributed by atoms with Gasteiger partial charge in [-0.15, -0.1) is 4.91 Å². The van der Waals surface area contributed by atoms with Crippen LogP contribution in [0.15, 0.2) is 65.9 Å². The van der Waals surface area contributed by atoms with Gasteiger partial charge in [0.25, 0.3) is 0 Å². The molecular formula is C18H21N3O. The third-order valence-corrected chi connectivity index (χ3v) is 4.30. The second-order valence-corrected chi connectivity index (χ2v) is 5.69. The second-order valence-electron chi connectivity index (χ2n) is 5.69. The highest BCUT2D eigenvalue weighted by Crippen LogP contribution is 2.25. The Balaban J connectivity index is 1.71. The van der Waals surface area contributed by atoms with E-state index in [0.29, 0.717) is 13.1 Å². The number of piperazine rings is 1. The molecule has 3 rings (SSSR count). The van der Waals surface area contributed by atoms with Crippen LogP contribution in [0.4, 0.5) is 0 Å². The van der Waals surface area contributed by atoms with Crippen LogP contribution in [0.5, 0.6) is 0 Å². The highest BCUT2D eigenvalue weighted by molar-refractivity contribution is 5.20. The lowest BCUT2D eigenvalue weighted by Crippen LogP contribution is -2.46. The van der Waals surface area contributed by atoms with Gasteiger partial charge in [0.05, 0.1) is 24.4 Å². The summed E-state index contributed by atoms with van der Waals surface area (Å²) in [6.07, 6.45) is 1.03. The molecule has 1 heterocycles. The molecule has 1 unspecified atom stereocenters. The third kappa shape index (κ3) is 3.52. The van der Waals surface area contributed by atoms with E-state index in [1.807, 2.05) is 12.1 Å². The Hall–Kier alpha value is -2.20. The van der Waals surface area contributed by atoms with Gasteiger partial charge < -0.3 is 0 Å². The molecule has 1 fully saturated rings. The Labute approximate surface area is 131 Å². The van der Waals surface area contributed by atoms with Crippen molar-refractivity contribution >= 4 is 0 Å². The maximum absolute atomic E-state index is 10.9. The van der Waals surface area contributed by atoms with Gasteiger partial charge in [-0.25, -0.2) is 0 Å². The summed E-state index contributed by atoms with van der Waals surface area (Å²) < 4.78 is 0. The Morgan fingerprint density at radius 1 is 0.955 bits per heavy atom. The fraction of sp³-hybridized carbons (Fsp3) is 0.333. The van der Waals surface area contributed by atoms with Crippen LogP contribution in [0.2, 0.25) is 0 Å². The molecule has 1 aliphatic heterocycles. The van der Waals surface area contributed by atoms with Gasteiger partial charge >= 0.3 is 0 Å². The zero-order chi connectivity index (χ0) is 15.2. The summed E-state index contributed by atoms with van der Waals surface area (Å²) in [5.74, 6) is 0. The number of hydrogen-bond acceptors (Lipinski definition) is 3. The molecular weight excluding hydrogens is 274 g/mol. The molecule has 0 N–H and O–H groups in total. The summed E-state index contributed by atoms with van der Waals surface area (Å²) in [5.41, 5.74) is 2.61. The predicted molar refractivity (Wildman–Crippen MR) is 88.3 cm³/mol. The van der Waals surface area contributed by atoms with E-state index in [1.165, 1.54) is 11.1 Å². The lowest BCUT2D eigenvalue weighted by atomic mass is 10.0. The van der Waals surface area contributed by atoms with Crippen LogP contribution < -0.4 is 0 Å². The summed E-state index contributed by atoms with van der Waals surface area (Å²) in [6.45, 7) is 3.25. The van der Waals surface area contributed by atoms with Gasteiger partial charge in [-0.2, -0.15) is 0 Å². The van der Waals surface area contributed by atoms with Crippen molar-refractivity contribution in [1.82, 2.24) is 9.91 Å². The largest absolute Gasteiger partial charge is 0.292 e. The van der Waals surface area contributed by atoms with Crippen LogP contribution in [0.1, 0.15) is 17.2 Å². The van der Waals surface area contributed by atoms with Crippen LogP contribution in [-0.2, 0) is 6.42 Å². The zero-order valence-corrected chi connectivity index (χ0v) is 12.6. The smallest absolute Gasteiger partial charge is 0.0590 e. The Morgan fingerprint density at radius 3 is 2.32 bits per heavy atom. The number of nitrogens with zero attached hydrogens (tertiary/aromatic N) is 3. The zero-order valence-electron chi connectivity index (χ0n) is 12.6. The van der Waals surface area contributed by atoms with Crippen molar-refractivity contribution in [3.05, 3.63) is 76.7 Å². The lowest BCUT2D eigenvalue weighted by molar-refractivity contribution is 0.0757. The molecule has 0 spiro atoms. The lowest BCUT2D eigenvalue weighted by Gasteiger charge is -2.39. The van der Waals surface area contributed by atoms with E-state index in [1.54, 1.807) is 5.01 Å². The minimum atomic E-state index is 0.233. The molecule has 1 atom stereocenters. The van der Waals surface area contributed by atoms with Crippen molar-refractivity contribution in [2.75, 3.05) is 26.2 Å². The van der Waals surface area contributed by atoms with E-state index < -0.39 is 0 Å². The van der Waals surface area contributed by atoms with Gasteiger partial charge in [0.1, 0.15) is 0 Å². The molecule has 2 aromatic carbocycles. The first-order valence-corrected chi connectivity index (χ1v) is 7.78.